The van der Waals surface area contributed by atoms with E-state index in [4.69, 9.17) is 14.9 Å². The number of aryl methyl sites for hydroxylation is 1. The van der Waals surface area contributed by atoms with Crippen molar-refractivity contribution in [2.24, 2.45) is 5.73 Å². The van der Waals surface area contributed by atoms with Gasteiger partial charge in [-0.3, -0.25) is 0 Å². The highest BCUT2D eigenvalue weighted by atomic mass is 79.9. The maximum atomic E-state index is 13.5. The van der Waals surface area contributed by atoms with Crippen LogP contribution >= 0.6 is 15.9 Å². The van der Waals surface area contributed by atoms with Gasteiger partial charge < -0.3 is 14.9 Å². The molecule has 0 atom stereocenters. The van der Waals surface area contributed by atoms with Crippen LogP contribution in [0.1, 0.15) is 17.1 Å². The first kappa shape index (κ1) is 14.0. The molecular formula is C13H12BrF2NO2. The highest BCUT2D eigenvalue weighted by Crippen LogP contribution is 2.26. The van der Waals surface area contributed by atoms with Crippen LogP contribution in [0.5, 0.6) is 5.75 Å². The highest BCUT2D eigenvalue weighted by Gasteiger charge is 2.13. The van der Waals surface area contributed by atoms with E-state index in [1.807, 2.05) is 0 Å². The second kappa shape index (κ2) is 5.71. The summed E-state index contributed by atoms with van der Waals surface area (Å²) in [5.41, 5.74) is 6.38. The number of halogens is 3. The Balaban J connectivity index is 2.14. The van der Waals surface area contributed by atoms with Gasteiger partial charge in [-0.2, -0.15) is 4.39 Å². The van der Waals surface area contributed by atoms with Crippen LogP contribution in [0.15, 0.2) is 27.1 Å². The van der Waals surface area contributed by atoms with Crippen molar-refractivity contribution in [1.82, 2.24) is 0 Å². The minimum atomic E-state index is -1.02. The van der Waals surface area contributed by atoms with Gasteiger partial charge in [0, 0.05) is 16.6 Å². The van der Waals surface area contributed by atoms with Gasteiger partial charge in [-0.1, -0.05) is 15.9 Å². The zero-order valence-corrected chi connectivity index (χ0v) is 11.8. The van der Waals surface area contributed by atoms with E-state index in [0.29, 0.717) is 22.5 Å². The summed E-state index contributed by atoms with van der Waals surface area (Å²) >= 11 is 3.07. The lowest BCUT2D eigenvalue weighted by Gasteiger charge is -2.06. The van der Waals surface area contributed by atoms with Crippen molar-refractivity contribution in [3.63, 3.8) is 0 Å². The van der Waals surface area contributed by atoms with Gasteiger partial charge in [0.25, 0.3) is 0 Å². The lowest BCUT2D eigenvalue weighted by Crippen LogP contribution is -1.98. The quantitative estimate of drug-likeness (QED) is 0.869. The van der Waals surface area contributed by atoms with E-state index < -0.39 is 11.6 Å². The molecule has 2 rings (SSSR count). The standard InChI is InChI=1S/C13H12BrF2NO2/c1-7-8(5-17)2-10(19-7)6-18-12-4-9(14)3-11(15)13(12)16/h2-4H,5-6,17H2,1H3. The minimum absolute atomic E-state index is 0.00759. The van der Waals surface area contributed by atoms with Crippen LogP contribution in [0.3, 0.4) is 0 Å². The van der Waals surface area contributed by atoms with E-state index in [1.54, 1.807) is 13.0 Å². The summed E-state index contributed by atoms with van der Waals surface area (Å²) in [6, 6.07) is 4.13. The molecule has 0 spiro atoms. The Morgan fingerprint density at radius 3 is 2.68 bits per heavy atom. The summed E-state index contributed by atoms with van der Waals surface area (Å²) in [4.78, 5) is 0. The van der Waals surface area contributed by atoms with Crippen LogP contribution in [-0.4, -0.2) is 0 Å². The Bertz CT molecular complexity index is 599. The lowest BCUT2D eigenvalue weighted by molar-refractivity contribution is 0.252. The zero-order valence-electron chi connectivity index (χ0n) is 10.2. The Kier molecular flexibility index (Phi) is 4.21. The van der Waals surface area contributed by atoms with Crippen LogP contribution in [-0.2, 0) is 13.2 Å². The van der Waals surface area contributed by atoms with Crippen molar-refractivity contribution >= 4 is 15.9 Å². The summed E-state index contributed by atoms with van der Waals surface area (Å²) in [6.07, 6.45) is 0. The number of benzene rings is 1. The molecule has 19 heavy (non-hydrogen) atoms. The molecule has 0 fully saturated rings. The van der Waals surface area contributed by atoms with Gasteiger partial charge in [0.05, 0.1) is 0 Å². The highest BCUT2D eigenvalue weighted by molar-refractivity contribution is 9.10. The first-order valence-corrected chi connectivity index (χ1v) is 6.36. The van der Waals surface area contributed by atoms with Crippen molar-refractivity contribution in [2.75, 3.05) is 0 Å². The van der Waals surface area contributed by atoms with Crippen molar-refractivity contribution in [3.8, 4) is 5.75 Å². The summed E-state index contributed by atoms with van der Waals surface area (Å²) < 4.78 is 37.6. The van der Waals surface area contributed by atoms with E-state index in [0.717, 1.165) is 11.6 Å². The molecule has 2 aromatic rings. The molecule has 0 aliphatic rings. The van der Waals surface area contributed by atoms with E-state index in [-0.39, 0.29) is 12.4 Å². The van der Waals surface area contributed by atoms with E-state index in [1.165, 1.54) is 6.07 Å². The molecule has 0 bridgehead atoms. The van der Waals surface area contributed by atoms with Gasteiger partial charge >= 0.3 is 0 Å². The van der Waals surface area contributed by atoms with Gasteiger partial charge in [0.2, 0.25) is 5.82 Å². The van der Waals surface area contributed by atoms with Crippen LogP contribution in [0, 0.1) is 18.6 Å². The summed E-state index contributed by atoms with van der Waals surface area (Å²) in [5.74, 6) is -0.955. The molecule has 0 unspecified atom stereocenters. The second-order valence-electron chi connectivity index (χ2n) is 3.99. The van der Waals surface area contributed by atoms with Crippen LogP contribution in [0.25, 0.3) is 0 Å². The first-order chi connectivity index (χ1) is 9.01. The minimum Gasteiger partial charge on any atom is -0.482 e. The average molecular weight is 332 g/mol. The molecule has 0 aliphatic heterocycles. The van der Waals surface area contributed by atoms with E-state index in [2.05, 4.69) is 15.9 Å². The fourth-order valence-electron chi connectivity index (χ4n) is 1.65. The Labute approximate surface area is 117 Å². The lowest BCUT2D eigenvalue weighted by atomic mass is 10.2. The number of rotatable bonds is 4. The van der Waals surface area contributed by atoms with Crippen LogP contribution in [0.2, 0.25) is 0 Å². The number of hydrogen-bond donors (Lipinski definition) is 1. The maximum absolute atomic E-state index is 13.5. The Hall–Kier alpha value is -1.40. The average Bonchev–Trinajstić information content (AvgIpc) is 2.72. The van der Waals surface area contributed by atoms with Crippen molar-refractivity contribution in [2.45, 2.75) is 20.1 Å². The van der Waals surface area contributed by atoms with Gasteiger partial charge in [-0.05, 0) is 25.1 Å². The maximum Gasteiger partial charge on any atom is 0.200 e. The van der Waals surface area contributed by atoms with Gasteiger partial charge in [-0.15, -0.1) is 0 Å². The predicted molar refractivity (Wildman–Crippen MR) is 69.7 cm³/mol. The molecular weight excluding hydrogens is 320 g/mol. The number of furan rings is 1. The van der Waals surface area contributed by atoms with Gasteiger partial charge in [0.15, 0.2) is 11.6 Å². The first-order valence-electron chi connectivity index (χ1n) is 5.57. The third-order valence-corrected chi connectivity index (χ3v) is 3.08. The van der Waals surface area contributed by atoms with E-state index in [9.17, 15) is 8.78 Å². The summed E-state index contributed by atoms with van der Waals surface area (Å²) in [7, 11) is 0. The smallest absolute Gasteiger partial charge is 0.200 e. The largest absolute Gasteiger partial charge is 0.482 e. The molecule has 0 radical (unpaired) electrons. The predicted octanol–water partition coefficient (Wildman–Crippen LogP) is 3.67. The van der Waals surface area contributed by atoms with Crippen LogP contribution < -0.4 is 10.5 Å². The summed E-state index contributed by atoms with van der Waals surface area (Å²) in [5, 5.41) is 0. The normalized spacial score (nSPS) is 10.8. The van der Waals surface area contributed by atoms with Gasteiger partial charge in [0.1, 0.15) is 18.1 Å². The van der Waals surface area contributed by atoms with Crippen molar-refractivity contribution < 1.29 is 17.9 Å². The van der Waals surface area contributed by atoms with E-state index >= 15 is 0 Å². The van der Waals surface area contributed by atoms with Gasteiger partial charge in [-0.25, -0.2) is 4.39 Å². The van der Waals surface area contributed by atoms with Crippen molar-refractivity contribution in [1.29, 1.82) is 0 Å². The molecule has 3 nitrogen and oxygen atoms in total. The molecule has 0 amide bonds. The second-order valence-corrected chi connectivity index (χ2v) is 4.90. The fraction of sp³-hybridized carbons (Fsp3) is 0.231. The Morgan fingerprint density at radius 1 is 1.32 bits per heavy atom. The molecule has 0 aliphatic carbocycles. The van der Waals surface area contributed by atoms with Crippen LogP contribution in [0.4, 0.5) is 8.78 Å². The fourth-order valence-corrected chi connectivity index (χ4v) is 2.06. The number of ether oxygens (including phenoxy) is 1. The molecule has 102 valence electrons. The molecule has 2 N–H and O–H groups in total. The topological polar surface area (TPSA) is 48.4 Å². The summed E-state index contributed by atoms with van der Waals surface area (Å²) in [6.45, 7) is 2.15. The number of nitrogens with two attached hydrogens (primary N) is 1. The SMILES string of the molecule is Cc1oc(COc2cc(Br)cc(F)c2F)cc1CN. The third kappa shape index (κ3) is 3.13. The molecule has 1 aromatic carbocycles. The zero-order chi connectivity index (χ0) is 14.0. The molecule has 1 heterocycles. The molecule has 6 heteroatoms. The molecule has 0 saturated heterocycles. The number of hydrogen-bond acceptors (Lipinski definition) is 3. The third-order valence-electron chi connectivity index (χ3n) is 2.62. The monoisotopic (exact) mass is 331 g/mol. The Morgan fingerprint density at radius 2 is 2.05 bits per heavy atom. The molecule has 1 aromatic heterocycles. The molecule has 0 saturated carbocycles. The van der Waals surface area contributed by atoms with Crippen molar-refractivity contribution in [3.05, 3.63) is 51.4 Å².